The summed E-state index contributed by atoms with van der Waals surface area (Å²) in [6, 6.07) is 1.71. The van der Waals surface area contributed by atoms with Crippen molar-refractivity contribution in [2.75, 3.05) is 26.6 Å². The maximum atomic E-state index is 5.61. The van der Waals surface area contributed by atoms with Gasteiger partial charge in [0.05, 0.1) is 18.9 Å². The zero-order valence-electron chi connectivity index (χ0n) is 8.49. The molecule has 5 nitrogen and oxygen atoms in total. The van der Waals surface area contributed by atoms with Crippen molar-refractivity contribution in [3.63, 3.8) is 0 Å². The Morgan fingerprint density at radius 2 is 2.07 bits per heavy atom. The van der Waals surface area contributed by atoms with Crippen LogP contribution >= 0.6 is 0 Å². The van der Waals surface area contributed by atoms with Gasteiger partial charge in [0.2, 0.25) is 0 Å². The SMILES string of the molecule is COCCc1nc(N)cc(COC)n1. The molecule has 0 saturated heterocycles. The van der Waals surface area contributed by atoms with Gasteiger partial charge in [-0.25, -0.2) is 9.97 Å². The highest BCUT2D eigenvalue weighted by atomic mass is 16.5. The molecule has 0 fully saturated rings. The number of aromatic nitrogens is 2. The second-order valence-electron chi connectivity index (χ2n) is 2.88. The third-order valence-corrected chi connectivity index (χ3v) is 1.67. The van der Waals surface area contributed by atoms with Crippen LogP contribution in [0.2, 0.25) is 0 Å². The topological polar surface area (TPSA) is 70.3 Å². The van der Waals surface area contributed by atoms with Crippen molar-refractivity contribution in [2.45, 2.75) is 13.0 Å². The first-order valence-corrected chi connectivity index (χ1v) is 4.36. The molecule has 1 aromatic rings. The van der Waals surface area contributed by atoms with Crippen LogP contribution < -0.4 is 5.73 Å². The summed E-state index contributed by atoms with van der Waals surface area (Å²) in [6.07, 6.45) is 0.665. The Balaban J connectivity index is 2.73. The number of nitrogen functional groups attached to an aromatic ring is 1. The molecule has 2 N–H and O–H groups in total. The van der Waals surface area contributed by atoms with E-state index >= 15 is 0 Å². The highest BCUT2D eigenvalue weighted by Crippen LogP contribution is 2.04. The van der Waals surface area contributed by atoms with Crippen LogP contribution in [0.4, 0.5) is 5.82 Å². The molecule has 0 aliphatic heterocycles. The highest BCUT2D eigenvalue weighted by Gasteiger charge is 2.02. The van der Waals surface area contributed by atoms with E-state index in [0.717, 1.165) is 5.69 Å². The van der Waals surface area contributed by atoms with E-state index < -0.39 is 0 Å². The van der Waals surface area contributed by atoms with Crippen molar-refractivity contribution in [3.8, 4) is 0 Å². The lowest BCUT2D eigenvalue weighted by molar-refractivity contribution is 0.180. The lowest BCUT2D eigenvalue weighted by atomic mass is 10.3. The van der Waals surface area contributed by atoms with Gasteiger partial charge in [-0.3, -0.25) is 0 Å². The van der Waals surface area contributed by atoms with Gasteiger partial charge in [-0.15, -0.1) is 0 Å². The standard InChI is InChI=1S/C9H15N3O2/c1-13-4-3-9-11-7(6-14-2)5-8(10)12-9/h5H,3-4,6H2,1-2H3,(H2,10,11,12). The number of methoxy groups -OCH3 is 2. The van der Waals surface area contributed by atoms with Crippen molar-refractivity contribution < 1.29 is 9.47 Å². The molecule has 1 aromatic heterocycles. The first kappa shape index (κ1) is 10.9. The normalized spacial score (nSPS) is 10.4. The zero-order valence-corrected chi connectivity index (χ0v) is 8.49. The van der Waals surface area contributed by atoms with Crippen molar-refractivity contribution >= 4 is 5.82 Å². The molecular formula is C9H15N3O2. The smallest absolute Gasteiger partial charge is 0.133 e. The summed E-state index contributed by atoms with van der Waals surface area (Å²) in [5, 5.41) is 0. The van der Waals surface area contributed by atoms with Crippen molar-refractivity contribution in [1.82, 2.24) is 9.97 Å². The Kier molecular flexibility index (Phi) is 4.28. The quantitative estimate of drug-likeness (QED) is 0.739. The summed E-state index contributed by atoms with van der Waals surface area (Å²) in [4.78, 5) is 8.35. The minimum Gasteiger partial charge on any atom is -0.384 e. The van der Waals surface area contributed by atoms with E-state index in [2.05, 4.69) is 9.97 Å². The maximum Gasteiger partial charge on any atom is 0.133 e. The fourth-order valence-corrected chi connectivity index (χ4v) is 1.10. The van der Waals surface area contributed by atoms with Crippen LogP contribution in [0.15, 0.2) is 6.07 Å². The van der Waals surface area contributed by atoms with E-state index in [4.69, 9.17) is 15.2 Å². The van der Waals surface area contributed by atoms with Crippen LogP contribution in [0.3, 0.4) is 0 Å². The molecule has 0 saturated carbocycles. The third-order valence-electron chi connectivity index (χ3n) is 1.67. The lowest BCUT2D eigenvalue weighted by Crippen LogP contribution is -2.06. The molecule has 0 spiro atoms. The van der Waals surface area contributed by atoms with E-state index in [1.54, 1.807) is 20.3 Å². The number of rotatable bonds is 5. The molecule has 78 valence electrons. The van der Waals surface area contributed by atoms with Gasteiger partial charge in [-0.05, 0) is 0 Å². The van der Waals surface area contributed by atoms with Crippen LogP contribution in [0.25, 0.3) is 0 Å². The molecule has 1 heterocycles. The van der Waals surface area contributed by atoms with Gasteiger partial charge in [-0.2, -0.15) is 0 Å². The summed E-state index contributed by atoms with van der Waals surface area (Å²) >= 11 is 0. The Labute approximate surface area is 83.3 Å². The summed E-state index contributed by atoms with van der Waals surface area (Å²) < 4.78 is 9.90. The van der Waals surface area contributed by atoms with Crippen LogP contribution in [-0.2, 0) is 22.5 Å². The van der Waals surface area contributed by atoms with Gasteiger partial charge in [-0.1, -0.05) is 0 Å². The average molecular weight is 197 g/mol. The number of anilines is 1. The van der Waals surface area contributed by atoms with Crippen LogP contribution in [0.5, 0.6) is 0 Å². The van der Waals surface area contributed by atoms with Crippen molar-refractivity contribution in [2.24, 2.45) is 0 Å². The van der Waals surface area contributed by atoms with Gasteiger partial charge >= 0.3 is 0 Å². The number of nitrogens with zero attached hydrogens (tertiary/aromatic N) is 2. The highest BCUT2D eigenvalue weighted by molar-refractivity contribution is 5.29. The first-order valence-electron chi connectivity index (χ1n) is 4.36. The molecule has 5 heteroatoms. The molecule has 0 bridgehead atoms. The number of hydrogen-bond donors (Lipinski definition) is 1. The second kappa shape index (κ2) is 5.51. The van der Waals surface area contributed by atoms with E-state index in [9.17, 15) is 0 Å². The minimum absolute atomic E-state index is 0.451. The van der Waals surface area contributed by atoms with Gasteiger partial charge < -0.3 is 15.2 Å². The number of ether oxygens (including phenoxy) is 2. The fourth-order valence-electron chi connectivity index (χ4n) is 1.10. The molecule has 0 aliphatic rings. The minimum atomic E-state index is 0.451. The molecular weight excluding hydrogens is 182 g/mol. The van der Waals surface area contributed by atoms with Crippen LogP contribution in [-0.4, -0.2) is 30.8 Å². The predicted molar refractivity (Wildman–Crippen MR) is 52.7 cm³/mol. The van der Waals surface area contributed by atoms with E-state index in [1.165, 1.54) is 0 Å². The summed E-state index contributed by atoms with van der Waals surface area (Å²) in [6.45, 7) is 1.04. The van der Waals surface area contributed by atoms with Crippen molar-refractivity contribution in [3.05, 3.63) is 17.6 Å². The molecule has 0 amide bonds. The molecule has 14 heavy (non-hydrogen) atoms. The Morgan fingerprint density at radius 1 is 1.29 bits per heavy atom. The lowest BCUT2D eigenvalue weighted by Gasteiger charge is -2.04. The number of nitrogens with two attached hydrogens (primary N) is 1. The first-order chi connectivity index (χ1) is 6.76. The van der Waals surface area contributed by atoms with Gasteiger partial charge in [0.25, 0.3) is 0 Å². The summed E-state index contributed by atoms with van der Waals surface area (Å²) in [5.74, 6) is 1.16. The largest absolute Gasteiger partial charge is 0.384 e. The van der Waals surface area contributed by atoms with Gasteiger partial charge in [0.15, 0.2) is 0 Å². The van der Waals surface area contributed by atoms with Crippen LogP contribution in [0.1, 0.15) is 11.5 Å². The summed E-state index contributed by atoms with van der Waals surface area (Å²) in [7, 11) is 3.26. The second-order valence-corrected chi connectivity index (χ2v) is 2.88. The Morgan fingerprint density at radius 3 is 2.71 bits per heavy atom. The van der Waals surface area contributed by atoms with Gasteiger partial charge in [0.1, 0.15) is 11.6 Å². The Hall–Kier alpha value is -1.20. The molecule has 0 unspecified atom stereocenters. The van der Waals surface area contributed by atoms with Crippen LogP contribution in [0, 0.1) is 0 Å². The molecule has 0 aromatic carbocycles. The molecule has 1 rings (SSSR count). The number of hydrogen-bond acceptors (Lipinski definition) is 5. The summed E-state index contributed by atoms with van der Waals surface area (Å²) in [5.41, 5.74) is 6.41. The molecule has 0 atom stereocenters. The predicted octanol–water partition coefficient (Wildman–Crippen LogP) is 0.394. The molecule has 0 aliphatic carbocycles. The maximum absolute atomic E-state index is 5.61. The third kappa shape index (κ3) is 3.27. The van der Waals surface area contributed by atoms with Gasteiger partial charge in [0, 0.05) is 26.7 Å². The molecule has 0 radical (unpaired) electrons. The Bertz CT molecular complexity index is 291. The van der Waals surface area contributed by atoms with E-state index in [-0.39, 0.29) is 0 Å². The monoisotopic (exact) mass is 197 g/mol. The van der Waals surface area contributed by atoms with E-state index in [1.807, 2.05) is 0 Å². The fraction of sp³-hybridized carbons (Fsp3) is 0.556. The van der Waals surface area contributed by atoms with E-state index in [0.29, 0.717) is 31.3 Å². The van der Waals surface area contributed by atoms with Crippen molar-refractivity contribution in [1.29, 1.82) is 0 Å². The average Bonchev–Trinajstić information content (AvgIpc) is 2.14. The zero-order chi connectivity index (χ0) is 10.4.